The number of aromatic nitrogens is 1. The number of furan rings is 1. The quantitative estimate of drug-likeness (QED) is 0.376. The molecule has 27 heavy (non-hydrogen) atoms. The van der Waals surface area contributed by atoms with Gasteiger partial charge in [0.05, 0.1) is 5.69 Å². The smallest absolute Gasteiger partial charge is 0.161 e. The summed E-state index contributed by atoms with van der Waals surface area (Å²) in [6.45, 7) is 0. The van der Waals surface area contributed by atoms with Crippen molar-refractivity contribution in [2.45, 2.75) is 0 Å². The minimum absolute atomic E-state index is 0.183. The zero-order chi connectivity index (χ0) is 18.4. The second-order valence-electron chi connectivity index (χ2n) is 6.33. The Morgan fingerprint density at radius 2 is 1.48 bits per heavy atom. The highest BCUT2D eigenvalue weighted by molar-refractivity contribution is 6.33. The Hall–Kier alpha value is -3.30. The Bertz CT molecular complexity index is 1310. The fourth-order valence-corrected chi connectivity index (χ4v) is 3.63. The molecule has 0 spiro atoms. The average molecular weight is 372 g/mol. The Labute approximate surface area is 160 Å². The third kappa shape index (κ3) is 2.56. The van der Waals surface area contributed by atoms with E-state index in [1.54, 1.807) is 12.1 Å². The number of benzene rings is 3. The fourth-order valence-electron chi connectivity index (χ4n) is 3.39. The van der Waals surface area contributed by atoms with Crippen LogP contribution in [0.3, 0.4) is 0 Å². The van der Waals surface area contributed by atoms with Gasteiger partial charge < -0.3 is 9.52 Å². The summed E-state index contributed by atoms with van der Waals surface area (Å²) in [5, 5.41) is 11.9. The van der Waals surface area contributed by atoms with Crippen LogP contribution >= 0.6 is 11.6 Å². The monoisotopic (exact) mass is 371 g/mol. The van der Waals surface area contributed by atoms with E-state index in [1.165, 1.54) is 0 Å². The number of aromatic hydroxyl groups is 1. The number of pyridine rings is 1. The SMILES string of the molecule is Oc1ccccc1-c1cc(-c2ccccc2Cl)c2oc3ccccc3c2n1. The minimum Gasteiger partial charge on any atom is -0.507 e. The number of phenols is 1. The van der Waals surface area contributed by atoms with E-state index in [-0.39, 0.29) is 5.75 Å². The maximum atomic E-state index is 10.3. The lowest BCUT2D eigenvalue weighted by atomic mass is 10.0. The van der Waals surface area contributed by atoms with Gasteiger partial charge in [-0.05, 0) is 36.4 Å². The van der Waals surface area contributed by atoms with Crippen molar-refractivity contribution in [3.05, 3.63) is 83.9 Å². The summed E-state index contributed by atoms with van der Waals surface area (Å²) >= 11 is 6.48. The summed E-state index contributed by atoms with van der Waals surface area (Å²) in [5.41, 5.74) is 5.25. The summed E-state index contributed by atoms with van der Waals surface area (Å²) in [6, 6.07) is 24.5. The van der Waals surface area contributed by atoms with Crippen LogP contribution in [-0.2, 0) is 0 Å². The van der Waals surface area contributed by atoms with E-state index in [2.05, 4.69) is 0 Å². The van der Waals surface area contributed by atoms with Crippen LogP contribution in [0.1, 0.15) is 0 Å². The molecule has 0 amide bonds. The van der Waals surface area contributed by atoms with Crippen molar-refractivity contribution < 1.29 is 9.52 Å². The summed E-state index contributed by atoms with van der Waals surface area (Å²) < 4.78 is 6.13. The minimum atomic E-state index is 0.183. The number of fused-ring (bicyclic) bond motifs is 3. The maximum absolute atomic E-state index is 10.3. The Kier molecular flexibility index (Phi) is 3.62. The number of nitrogens with zero attached hydrogens (tertiary/aromatic N) is 1. The first kappa shape index (κ1) is 15.9. The first-order valence-corrected chi connectivity index (χ1v) is 8.96. The highest BCUT2D eigenvalue weighted by Crippen LogP contribution is 2.40. The predicted octanol–water partition coefficient (Wildman–Crippen LogP) is 6.67. The van der Waals surface area contributed by atoms with Gasteiger partial charge in [-0.25, -0.2) is 4.98 Å². The molecule has 5 rings (SSSR count). The van der Waals surface area contributed by atoms with E-state index >= 15 is 0 Å². The van der Waals surface area contributed by atoms with Gasteiger partial charge in [-0.3, -0.25) is 0 Å². The first-order chi connectivity index (χ1) is 13.2. The molecule has 3 nitrogen and oxygen atoms in total. The third-order valence-corrected chi connectivity index (χ3v) is 5.00. The van der Waals surface area contributed by atoms with Gasteiger partial charge in [0.25, 0.3) is 0 Å². The van der Waals surface area contributed by atoms with Gasteiger partial charge in [0.2, 0.25) is 0 Å². The summed E-state index contributed by atoms with van der Waals surface area (Å²) in [6.07, 6.45) is 0. The molecule has 2 aromatic heterocycles. The van der Waals surface area contributed by atoms with Crippen molar-refractivity contribution in [3.8, 4) is 28.1 Å². The first-order valence-electron chi connectivity index (χ1n) is 8.58. The van der Waals surface area contributed by atoms with E-state index in [0.29, 0.717) is 21.9 Å². The molecule has 2 heterocycles. The van der Waals surface area contributed by atoms with Crippen LogP contribution in [0.5, 0.6) is 5.75 Å². The topological polar surface area (TPSA) is 46.3 Å². The highest BCUT2D eigenvalue weighted by Gasteiger charge is 2.18. The van der Waals surface area contributed by atoms with Crippen LogP contribution in [0.15, 0.2) is 83.3 Å². The van der Waals surface area contributed by atoms with Crippen molar-refractivity contribution in [1.29, 1.82) is 0 Å². The molecule has 0 aliphatic carbocycles. The lowest BCUT2D eigenvalue weighted by Gasteiger charge is -2.09. The van der Waals surface area contributed by atoms with Crippen molar-refractivity contribution in [3.63, 3.8) is 0 Å². The second-order valence-corrected chi connectivity index (χ2v) is 6.74. The molecule has 1 N–H and O–H groups in total. The standard InChI is InChI=1S/C23H14ClNO2/c24-18-10-4-1-7-14(18)17-13-19(15-8-2-5-11-20(15)26)25-22-16-9-3-6-12-21(16)27-23(17)22/h1-13,26H. The lowest BCUT2D eigenvalue weighted by Crippen LogP contribution is -1.89. The zero-order valence-corrected chi connectivity index (χ0v) is 14.9. The number of rotatable bonds is 2. The number of para-hydroxylation sites is 2. The van der Waals surface area contributed by atoms with Crippen LogP contribution in [0.25, 0.3) is 44.5 Å². The fraction of sp³-hybridized carbons (Fsp3) is 0. The predicted molar refractivity (Wildman–Crippen MR) is 109 cm³/mol. The Morgan fingerprint density at radius 1 is 0.778 bits per heavy atom. The number of halogens is 1. The number of phenolic OH excluding ortho intramolecular Hbond substituents is 1. The van der Waals surface area contributed by atoms with Gasteiger partial charge in [-0.15, -0.1) is 0 Å². The normalized spacial score (nSPS) is 11.3. The Morgan fingerprint density at radius 3 is 2.30 bits per heavy atom. The van der Waals surface area contributed by atoms with E-state index in [0.717, 1.165) is 27.6 Å². The molecular weight excluding hydrogens is 358 g/mol. The third-order valence-electron chi connectivity index (χ3n) is 4.67. The Balaban J connectivity index is 1.92. The molecule has 5 aromatic rings. The molecule has 0 unspecified atom stereocenters. The molecule has 0 radical (unpaired) electrons. The van der Waals surface area contributed by atoms with Crippen LogP contribution in [0.2, 0.25) is 5.02 Å². The van der Waals surface area contributed by atoms with E-state index in [1.807, 2.05) is 66.7 Å². The van der Waals surface area contributed by atoms with Gasteiger partial charge in [0.1, 0.15) is 16.8 Å². The van der Waals surface area contributed by atoms with Gasteiger partial charge in [0.15, 0.2) is 5.58 Å². The average Bonchev–Trinajstić information content (AvgIpc) is 3.07. The number of hydrogen-bond donors (Lipinski definition) is 1. The van der Waals surface area contributed by atoms with Crippen LogP contribution in [0.4, 0.5) is 0 Å². The molecule has 0 saturated heterocycles. The summed E-state index contributed by atoms with van der Waals surface area (Å²) in [5.74, 6) is 0.183. The molecule has 0 aliphatic heterocycles. The van der Waals surface area contributed by atoms with Gasteiger partial charge >= 0.3 is 0 Å². The summed E-state index contributed by atoms with van der Waals surface area (Å²) in [4.78, 5) is 4.81. The molecule has 0 fully saturated rings. The van der Waals surface area contributed by atoms with Gasteiger partial charge in [-0.1, -0.05) is 54.1 Å². The summed E-state index contributed by atoms with van der Waals surface area (Å²) in [7, 11) is 0. The van der Waals surface area contributed by atoms with Gasteiger partial charge in [-0.2, -0.15) is 0 Å². The van der Waals surface area contributed by atoms with Crippen LogP contribution in [0, 0.1) is 0 Å². The molecular formula is C23H14ClNO2. The second kappa shape index (κ2) is 6.15. The van der Waals surface area contributed by atoms with Crippen molar-refractivity contribution >= 4 is 33.7 Å². The van der Waals surface area contributed by atoms with Gasteiger partial charge in [0, 0.05) is 27.1 Å². The van der Waals surface area contributed by atoms with E-state index in [4.69, 9.17) is 21.0 Å². The maximum Gasteiger partial charge on any atom is 0.161 e. The molecule has 0 bridgehead atoms. The molecule has 0 aliphatic rings. The van der Waals surface area contributed by atoms with Crippen molar-refractivity contribution in [1.82, 2.24) is 4.98 Å². The molecule has 0 atom stereocenters. The molecule has 130 valence electrons. The molecule has 4 heteroatoms. The van der Waals surface area contributed by atoms with E-state index in [9.17, 15) is 5.11 Å². The highest BCUT2D eigenvalue weighted by atomic mass is 35.5. The number of hydrogen-bond acceptors (Lipinski definition) is 3. The molecule has 3 aromatic carbocycles. The zero-order valence-electron chi connectivity index (χ0n) is 14.2. The van der Waals surface area contributed by atoms with E-state index < -0.39 is 0 Å². The lowest BCUT2D eigenvalue weighted by molar-refractivity contribution is 0.477. The van der Waals surface area contributed by atoms with Crippen molar-refractivity contribution in [2.24, 2.45) is 0 Å². The van der Waals surface area contributed by atoms with Crippen molar-refractivity contribution in [2.75, 3.05) is 0 Å². The van der Waals surface area contributed by atoms with Crippen LogP contribution < -0.4 is 0 Å². The van der Waals surface area contributed by atoms with Crippen LogP contribution in [-0.4, -0.2) is 10.1 Å². The largest absolute Gasteiger partial charge is 0.507 e. The molecule has 0 saturated carbocycles.